The molecule has 0 aliphatic carbocycles. The number of rotatable bonds is 0. The lowest BCUT2D eigenvalue weighted by atomic mass is 10.2. The summed E-state index contributed by atoms with van der Waals surface area (Å²) in [6, 6.07) is 5.03. The van der Waals surface area contributed by atoms with E-state index in [2.05, 4.69) is 0 Å². The van der Waals surface area contributed by atoms with Crippen LogP contribution in [0.4, 0.5) is 4.39 Å². The van der Waals surface area contributed by atoms with Crippen LogP contribution >= 0.6 is 22.9 Å². The molecule has 0 saturated heterocycles. The van der Waals surface area contributed by atoms with E-state index in [9.17, 15) is 4.39 Å². The molecule has 2 aromatic rings. The molecular formula is C9H6ClFS. The summed E-state index contributed by atoms with van der Waals surface area (Å²) in [4.78, 5) is 0. The zero-order valence-corrected chi connectivity index (χ0v) is 7.97. The second-order valence-electron chi connectivity index (χ2n) is 2.61. The van der Waals surface area contributed by atoms with Crippen LogP contribution in [0.2, 0.25) is 4.34 Å². The summed E-state index contributed by atoms with van der Waals surface area (Å²) >= 11 is 7.29. The van der Waals surface area contributed by atoms with Crippen LogP contribution in [-0.4, -0.2) is 0 Å². The monoisotopic (exact) mass is 200 g/mol. The number of hydrogen-bond acceptors (Lipinski definition) is 1. The first kappa shape index (κ1) is 8.02. The maximum Gasteiger partial charge on any atom is 0.132 e. The highest BCUT2D eigenvalue weighted by atomic mass is 35.5. The third-order valence-electron chi connectivity index (χ3n) is 1.84. The van der Waals surface area contributed by atoms with Crippen molar-refractivity contribution in [3.63, 3.8) is 0 Å². The van der Waals surface area contributed by atoms with Crippen LogP contribution in [0.3, 0.4) is 0 Å². The Morgan fingerprint density at radius 3 is 2.83 bits per heavy atom. The molecule has 0 spiro atoms. The summed E-state index contributed by atoms with van der Waals surface area (Å²) in [6.07, 6.45) is 0. The molecule has 0 aliphatic rings. The Hall–Kier alpha value is -0.600. The van der Waals surface area contributed by atoms with E-state index in [4.69, 9.17) is 11.6 Å². The van der Waals surface area contributed by atoms with Crippen molar-refractivity contribution in [1.29, 1.82) is 0 Å². The second kappa shape index (κ2) is 2.71. The highest BCUT2D eigenvalue weighted by Crippen LogP contribution is 2.35. The van der Waals surface area contributed by atoms with Crippen LogP contribution < -0.4 is 0 Å². The van der Waals surface area contributed by atoms with E-state index < -0.39 is 0 Å². The summed E-state index contributed by atoms with van der Waals surface area (Å²) in [5, 5.41) is 0.660. The van der Waals surface area contributed by atoms with Crippen LogP contribution in [-0.2, 0) is 0 Å². The van der Waals surface area contributed by atoms with E-state index in [0.29, 0.717) is 9.72 Å². The molecule has 0 nitrogen and oxygen atoms in total. The van der Waals surface area contributed by atoms with Crippen molar-refractivity contribution in [2.75, 3.05) is 0 Å². The smallest absolute Gasteiger partial charge is 0.132 e. The minimum Gasteiger partial charge on any atom is -0.206 e. The number of aryl methyl sites for hydroxylation is 1. The van der Waals surface area contributed by atoms with Crippen molar-refractivity contribution in [3.8, 4) is 0 Å². The van der Waals surface area contributed by atoms with E-state index in [1.807, 2.05) is 13.0 Å². The van der Waals surface area contributed by atoms with E-state index in [-0.39, 0.29) is 5.82 Å². The van der Waals surface area contributed by atoms with Gasteiger partial charge in [0.05, 0.1) is 4.34 Å². The van der Waals surface area contributed by atoms with Crippen LogP contribution in [0.15, 0.2) is 18.2 Å². The van der Waals surface area contributed by atoms with Gasteiger partial charge in [-0.2, -0.15) is 0 Å². The molecule has 1 aromatic carbocycles. The van der Waals surface area contributed by atoms with E-state index >= 15 is 0 Å². The van der Waals surface area contributed by atoms with Gasteiger partial charge >= 0.3 is 0 Å². The van der Waals surface area contributed by atoms with Crippen molar-refractivity contribution < 1.29 is 4.39 Å². The summed E-state index contributed by atoms with van der Waals surface area (Å²) in [6.45, 7) is 1.84. The average Bonchev–Trinajstić information content (AvgIpc) is 2.29. The molecule has 0 N–H and O–H groups in total. The SMILES string of the molecule is Cc1c(Cl)sc2cccc(F)c12. The third-order valence-corrected chi connectivity index (χ3v) is 3.41. The maximum absolute atomic E-state index is 13.2. The Labute approximate surface area is 78.6 Å². The van der Waals surface area contributed by atoms with Crippen LogP contribution in [0.5, 0.6) is 0 Å². The van der Waals surface area contributed by atoms with Crippen molar-refractivity contribution in [1.82, 2.24) is 0 Å². The Morgan fingerprint density at radius 2 is 2.17 bits per heavy atom. The first-order valence-electron chi connectivity index (χ1n) is 3.53. The molecule has 62 valence electrons. The highest BCUT2D eigenvalue weighted by Gasteiger charge is 2.09. The molecule has 12 heavy (non-hydrogen) atoms. The predicted molar refractivity (Wildman–Crippen MR) is 51.5 cm³/mol. The van der Waals surface area contributed by atoms with Gasteiger partial charge < -0.3 is 0 Å². The van der Waals surface area contributed by atoms with E-state index in [0.717, 1.165) is 10.3 Å². The van der Waals surface area contributed by atoms with Gasteiger partial charge in [-0.25, -0.2) is 4.39 Å². The fraction of sp³-hybridized carbons (Fsp3) is 0.111. The summed E-state index contributed by atoms with van der Waals surface area (Å²) in [5.41, 5.74) is 0.842. The molecule has 0 saturated carbocycles. The third kappa shape index (κ3) is 1.03. The zero-order valence-electron chi connectivity index (χ0n) is 6.40. The number of hydrogen-bond donors (Lipinski definition) is 0. The molecule has 0 bridgehead atoms. The number of benzene rings is 1. The number of halogens is 2. The quantitative estimate of drug-likeness (QED) is 0.603. The topological polar surface area (TPSA) is 0 Å². The van der Waals surface area contributed by atoms with Crippen LogP contribution in [0.1, 0.15) is 5.56 Å². The highest BCUT2D eigenvalue weighted by molar-refractivity contribution is 7.22. The lowest BCUT2D eigenvalue weighted by molar-refractivity contribution is 0.639. The first-order chi connectivity index (χ1) is 5.70. The van der Waals surface area contributed by atoms with Gasteiger partial charge in [-0.3, -0.25) is 0 Å². The van der Waals surface area contributed by atoms with Gasteiger partial charge in [-0.1, -0.05) is 17.7 Å². The lowest BCUT2D eigenvalue weighted by Crippen LogP contribution is -1.75. The van der Waals surface area contributed by atoms with Crippen molar-refractivity contribution in [2.24, 2.45) is 0 Å². The Bertz CT molecular complexity index is 433. The zero-order chi connectivity index (χ0) is 8.72. The molecule has 3 heteroatoms. The molecule has 0 aliphatic heterocycles. The summed E-state index contributed by atoms with van der Waals surface area (Å²) in [5.74, 6) is -0.187. The molecule has 0 unspecified atom stereocenters. The van der Waals surface area contributed by atoms with Crippen LogP contribution in [0.25, 0.3) is 10.1 Å². The minimum absolute atomic E-state index is 0.187. The van der Waals surface area contributed by atoms with E-state index in [1.165, 1.54) is 17.4 Å². The fourth-order valence-corrected chi connectivity index (χ4v) is 2.52. The molecular weight excluding hydrogens is 195 g/mol. The molecule has 1 heterocycles. The van der Waals surface area contributed by atoms with Crippen LogP contribution in [0, 0.1) is 12.7 Å². The first-order valence-corrected chi connectivity index (χ1v) is 4.72. The van der Waals surface area contributed by atoms with Gasteiger partial charge in [-0.15, -0.1) is 11.3 Å². The summed E-state index contributed by atoms with van der Waals surface area (Å²) < 4.78 is 14.8. The molecule has 0 atom stereocenters. The van der Waals surface area contributed by atoms with Crippen molar-refractivity contribution >= 4 is 33.0 Å². The standard InChI is InChI=1S/C9H6ClFS/c1-5-8-6(11)3-2-4-7(8)12-9(5)10/h2-4H,1H3. The predicted octanol–water partition coefficient (Wildman–Crippen LogP) is 4.00. The van der Waals surface area contributed by atoms with Gasteiger partial charge in [0.15, 0.2) is 0 Å². The Balaban J connectivity index is 2.97. The van der Waals surface area contributed by atoms with Gasteiger partial charge in [0.1, 0.15) is 5.82 Å². The normalized spacial score (nSPS) is 10.9. The summed E-state index contributed by atoms with van der Waals surface area (Å²) in [7, 11) is 0. The van der Waals surface area contributed by atoms with Gasteiger partial charge in [0.2, 0.25) is 0 Å². The van der Waals surface area contributed by atoms with Gasteiger partial charge in [0, 0.05) is 10.1 Å². The molecule has 1 aromatic heterocycles. The average molecular weight is 201 g/mol. The molecule has 0 radical (unpaired) electrons. The maximum atomic E-state index is 13.2. The molecule has 0 fully saturated rings. The second-order valence-corrected chi connectivity index (χ2v) is 4.27. The minimum atomic E-state index is -0.187. The van der Waals surface area contributed by atoms with Crippen molar-refractivity contribution in [2.45, 2.75) is 6.92 Å². The van der Waals surface area contributed by atoms with E-state index in [1.54, 1.807) is 6.07 Å². The lowest BCUT2D eigenvalue weighted by Gasteiger charge is -1.92. The fourth-order valence-electron chi connectivity index (χ4n) is 1.22. The Kier molecular flexibility index (Phi) is 1.81. The van der Waals surface area contributed by atoms with Crippen molar-refractivity contribution in [3.05, 3.63) is 33.9 Å². The number of fused-ring (bicyclic) bond motifs is 1. The largest absolute Gasteiger partial charge is 0.206 e. The van der Waals surface area contributed by atoms with Gasteiger partial charge in [0.25, 0.3) is 0 Å². The molecule has 2 rings (SSSR count). The molecule has 0 amide bonds. The number of thiophene rings is 1. The Morgan fingerprint density at radius 1 is 1.42 bits per heavy atom. The van der Waals surface area contributed by atoms with Gasteiger partial charge in [-0.05, 0) is 24.6 Å².